The van der Waals surface area contributed by atoms with Crippen LogP contribution in [0.15, 0.2) is 47.6 Å². The van der Waals surface area contributed by atoms with Crippen LogP contribution in [-0.4, -0.2) is 15.7 Å². The van der Waals surface area contributed by atoms with E-state index >= 15 is 0 Å². The molecule has 0 unspecified atom stereocenters. The SMILES string of the molecule is CCSc1cccc(NCc2cccnc2)c1C(N)=S. The fourth-order valence-electron chi connectivity index (χ4n) is 1.91. The van der Waals surface area contributed by atoms with Gasteiger partial charge >= 0.3 is 0 Å². The van der Waals surface area contributed by atoms with Gasteiger partial charge in [0.25, 0.3) is 0 Å². The number of pyridine rings is 1. The zero-order chi connectivity index (χ0) is 14.4. The van der Waals surface area contributed by atoms with Crippen LogP contribution in [0.25, 0.3) is 0 Å². The Balaban J connectivity index is 2.22. The van der Waals surface area contributed by atoms with E-state index in [2.05, 4.69) is 23.3 Å². The van der Waals surface area contributed by atoms with Crippen molar-refractivity contribution in [1.29, 1.82) is 0 Å². The van der Waals surface area contributed by atoms with Gasteiger partial charge in [0.2, 0.25) is 0 Å². The number of hydrogen-bond acceptors (Lipinski definition) is 4. The van der Waals surface area contributed by atoms with Crippen LogP contribution in [0, 0.1) is 0 Å². The molecule has 1 heterocycles. The Morgan fingerprint density at radius 1 is 1.35 bits per heavy atom. The predicted molar refractivity (Wildman–Crippen MR) is 90.3 cm³/mol. The Hall–Kier alpha value is -1.59. The summed E-state index contributed by atoms with van der Waals surface area (Å²) in [5, 5.41) is 3.39. The number of hydrogen-bond donors (Lipinski definition) is 2. The number of anilines is 1. The molecule has 0 saturated heterocycles. The average molecular weight is 303 g/mol. The molecule has 2 aromatic rings. The van der Waals surface area contributed by atoms with Crippen molar-refractivity contribution in [1.82, 2.24) is 4.98 Å². The van der Waals surface area contributed by atoms with E-state index in [4.69, 9.17) is 18.0 Å². The van der Waals surface area contributed by atoms with E-state index in [1.165, 1.54) is 0 Å². The second-order valence-electron chi connectivity index (χ2n) is 4.19. The third-order valence-corrected chi connectivity index (χ3v) is 3.92. The van der Waals surface area contributed by atoms with Gasteiger partial charge in [0, 0.05) is 35.1 Å². The first-order chi connectivity index (χ1) is 9.72. The smallest absolute Gasteiger partial charge is 0.107 e. The third-order valence-electron chi connectivity index (χ3n) is 2.78. The Morgan fingerprint density at radius 3 is 2.85 bits per heavy atom. The Labute approximate surface area is 129 Å². The summed E-state index contributed by atoms with van der Waals surface area (Å²) < 4.78 is 0. The molecule has 5 heteroatoms. The summed E-state index contributed by atoms with van der Waals surface area (Å²) >= 11 is 6.94. The molecule has 1 aromatic carbocycles. The number of nitrogens with one attached hydrogen (secondary N) is 1. The van der Waals surface area contributed by atoms with Gasteiger partial charge in [0.1, 0.15) is 4.99 Å². The second kappa shape index (κ2) is 7.26. The normalized spacial score (nSPS) is 10.2. The lowest BCUT2D eigenvalue weighted by Crippen LogP contribution is -2.14. The number of benzene rings is 1. The summed E-state index contributed by atoms with van der Waals surface area (Å²) in [6.07, 6.45) is 3.61. The zero-order valence-corrected chi connectivity index (χ0v) is 12.9. The highest BCUT2D eigenvalue weighted by Crippen LogP contribution is 2.28. The van der Waals surface area contributed by atoms with Gasteiger partial charge in [-0.05, 0) is 29.5 Å². The molecule has 0 spiro atoms. The lowest BCUT2D eigenvalue weighted by Gasteiger charge is -2.14. The summed E-state index contributed by atoms with van der Waals surface area (Å²) in [5.74, 6) is 0.988. The molecule has 104 valence electrons. The van der Waals surface area contributed by atoms with E-state index in [9.17, 15) is 0 Å². The third kappa shape index (κ3) is 3.71. The first-order valence-electron chi connectivity index (χ1n) is 6.40. The lowest BCUT2D eigenvalue weighted by molar-refractivity contribution is 1.11. The number of thiocarbonyl (C=S) groups is 1. The lowest BCUT2D eigenvalue weighted by atomic mass is 10.1. The maximum absolute atomic E-state index is 5.88. The first-order valence-corrected chi connectivity index (χ1v) is 7.80. The molecule has 0 aliphatic rings. The van der Waals surface area contributed by atoms with Crippen molar-refractivity contribution in [3.8, 4) is 0 Å². The van der Waals surface area contributed by atoms with Gasteiger partial charge in [0.15, 0.2) is 0 Å². The summed E-state index contributed by atoms with van der Waals surface area (Å²) in [6, 6.07) is 10.0. The Kier molecular flexibility index (Phi) is 5.38. The van der Waals surface area contributed by atoms with E-state index in [0.717, 1.165) is 27.5 Å². The van der Waals surface area contributed by atoms with Crippen molar-refractivity contribution in [3.63, 3.8) is 0 Å². The van der Waals surface area contributed by atoms with Gasteiger partial charge in [-0.3, -0.25) is 4.98 Å². The van der Waals surface area contributed by atoms with E-state index in [1.54, 1.807) is 18.0 Å². The molecular weight excluding hydrogens is 286 g/mol. The van der Waals surface area contributed by atoms with Crippen LogP contribution in [0.4, 0.5) is 5.69 Å². The van der Waals surface area contributed by atoms with Crippen molar-refractivity contribution < 1.29 is 0 Å². The highest BCUT2D eigenvalue weighted by atomic mass is 32.2. The fraction of sp³-hybridized carbons (Fsp3) is 0.200. The standard InChI is InChI=1S/C15H17N3S2/c1-2-20-13-7-3-6-12(14(13)15(16)19)18-10-11-5-4-8-17-9-11/h3-9,18H,2,10H2,1H3,(H2,16,19). The number of aromatic nitrogens is 1. The number of nitrogens with two attached hydrogens (primary N) is 1. The molecule has 1 aromatic heterocycles. The van der Waals surface area contributed by atoms with Crippen LogP contribution in [-0.2, 0) is 6.54 Å². The highest BCUT2D eigenvalue weighted by Gasteiger charge is 2.10. The van der Waals surface area contributed by atoms with Gasteiger partial charge in [-0.1, -0.05) is 31.3 Å². The van der Waals surface area contributed by atoms with Gasteiger partial charge in [0.05, 0.1) is 0 Å². The van der Waals surface area contributed by atoms with Gasteiger partial charge in [-0.2, -0.15) is 0 Å². The van der Waals surface area contributed by atoms with E-state index in [1.807, 2.05) is 30.5 Å². The van der Waals surface area contributed by atoms with Crippen LogP contribution in [0.1, 0.15) is 18.1 Å². The maximum Gasteiger partial charge on any atom is 0.107 e. The second-order valence-corrected chi connectivity index (χ2v) is 5.94. The van der Waals surface area contributed by atoms with E-state index < -0.39 is 0 Å². The number of rotatable bonds is 6. The number of thioether (sulfide) groups is 1. The van der Waals surface area contributed by atoms with Crippen molar-refractivity contribution in [2.24, 2.45) is 5.73 Å². The minimum absolute atomic E-state index is 0.426. The van der Waals surface area contributed by atoms with Gasteiger partial charge < -0.3 is 11.1 Å². The van der Waals surface area contributed by atoms with Gasteiger partial charge in [-0.25, -0.2) is 0 Å². The highest BCUT2D eigenvalue weighted by molar-refractivity contribution is 7.99. The number of nitrogens with zero attached hydrogens (tertiary/aromatic N) is 1. The summed E-state index contributed by atoms with van der Waals surface area (Å²) in [6.45, 7) is 2.81. The fourth-order valence-corrected chi connectivity index (χ4v) is 3.04. The van der Waals surface area contributed by atoms with Crippen molar-refractivity contribution in [2.45, 2.75) is 18.4 Å². The average Bonchev–Trinajstić information content (AvgIpc) is 2.46. The van der Waals surface area contributed by atoms with Crippen LogP contribution < -0.4 is 11.1 Å². The van der Waals surface area contributed by atoms with Gasteiger partial charge in [-0.15, -0.1) is 11.8 Å². The van der Waals surface area contributed by atoms with Crippen LogP contribution in [0.2, 0.25) is 0 Å². The van der Waals surface area contributed by atoms with E-state index in [0.29, 0.717) is 11.5 Å². The monoisotopic (exact) mass is 303 g/mol. The van der Waals surface area contributed by atoms with Crippen LogP contribution in [0.3, 0.4) is 0 Å². The first kappa shape index (κ1) is 14.8. The van der Waals surface area contributed by atoms with Crippen molar-refractivity contribution in [3.05, 3.63) is 53.9 Å². The van der Waals surface area contributed by atoms with Crippen LogP contribution >= 0.6 is 24.0 Å². The molecule has 0 saturated carbocycles. The summed E-state index contributed by atoms with van der Waals surface area (Å²) in [7, 11) is 0. The largest absolute Gasteiger partial charge is 0.389 e. The van der Waals surface area contributed by atoms with Crippen molar-refractivity contribution in [2.75, 3.05) is 11.1 Å². The summed E-state index contributed by atoms with van der Waals surface area (Å²) in [5.41, 5.74) is 8.90. The molecular formula is C15H17N3S2. The maximum atomic E-state index is 5.88. The Morgan fingerprint density at radius 2 is 2.20 bits per heavy atom. The van der Waals surface area contributed by atoms with E-state index in [-0.39, 0.29) is 0 Å². The molecule has 20 heavy (non-hydrogen) atoms. The topological polar surface area (TPSA) is 50.9 Å². The van der Waals surface area contributed by atoms with Crippen molar-refractivity contribution >= 4 is 34.7 Å². The minimum Gasteiger partial charge on any atom is -0.389 e. The zero-order valence-electron chi connectivity index (χ0n) is 11.3. The molecule has 3 N–H and O–H groups in total. The molecule has 2 rings (SSSR count). The molecule has 0 bridgehead atoms. The molecule has 0 atom stereocenters. The molecule has 0 radical (unpaired) electrons. The molecule has 0 amide bonds. The molecule has 0 aliphatic carbocycles. The molecule has 0 aliphatic heterocycles. The summed E-state index contributed by atoms with van der Waals surface area (Å²) in [4.78, 5) is 5.65. The Bertz CT molecular complexity index is 585. The minimum atomic E-state index is 0.426. The predicted octanol–water partition coefficient (Wildman–Crippen LogP) is 3.44. The molecule has 3 nitrogen and oxygen atoms in total. The molecule has 0 fully saturated rings. The van der Waals surface area contributed by atoms with Crippen LogP contribution in [0.5, 0.6) is 0 Å². The quantitative estimate of drug-likeness (QED) is 0.632.